The number of aromatic nitrogens is 1. The summed E-state index contributed by atoms with van der Waals surface area (Å²) in [6, 6.07) is 3.82. The molecule has 1 aliphatic rings. The highest BCUT2D eigenvalue weighted by molar-refractivity contribution is 7.89. The van der Waals surface area contributed by atoms with Crippen LogP contribution in [-0.4, -0.2) is 45.1 Å². The molecule has 0 unspecified atom stereocenters. The fourth-order valence-electron chi connectivity index (χ4n) is 2.31. The molecular weight excluding hydrogens is 290 g/mol. The van der Waals surface area contributed by atoms with Gasteiger partial charge in [-0.3, -0.25) is 5.32 Å². The number of hydrogen-bond acceptors (Lipinski definition) is 4. The van der Waals surface area contributed by atoms with E-state index in [2.05, 4.69) is 24.1 Å². The molecule has 21 heavy (non-hydrogen) atoms. The van der Waals surface area contributed by atoms with Gasteiger partial charge in [-0.15, -0.1) is 0 Å². The summed E-state index contributed by atoms with van der Waals surface area (Å²) in [5.74, 6) is 0.838. The van der Waals surface area contributed by atoms with E-state index in [1.165, 1.54) is 4.31 Å². The van der Waals surface area contributed by atoms with Crippen molar-refractivity contribution in [2.45, 2.75) is 37.6 Å². The number of rotatable bonds is 6. The van der Waals surface area contributed by atoms with Crippen LogP contribution in [0.5, 0.6) is 0 Å². The molecule has 6 nitrogen and oxygen atoms in total. The SMILES string of the molecule is CCC(CC)Nc1ccc(S(=O)(=O)N2CCOCC2)c[nH+]1. The molecule has 1 aliphatic heterocycles. The molecule has 1 aromatic heterocycles. The number of nitrogens with one attached hydrogen (secondary N) is 2. The summed E-state index contributed by atoms with van der Waals surface area (Å²) in [7, 11) is -3.42. The van der Waals surface area contributed by atoms with Crippen LogP contribution in [0.15, 0.2) is 23.2 Å². The van der Waals surface area contributed by atoms with Gasteiger partial charge in [0.1, 0.15) is 11.1 Å². The zero-order chi connectivity index (χ0) is 15.3. The number of hydrogen-bond donors (Lipinski definition) is 1. The average molecular weight is 314 g/mol. The van der Waals surface area contributed by atoms with Crippen molar-refractivity contribution in [3.8, 4) is 0 Å². The molecule has 0 aliphatic carbocycles. The molecule has 0 spiro atoms. The van der Waals surface area contributed by atoms with Crippen molar-refractivity contribution >= 4 is 15.8 Å². The number of pyridine rings is 1. The summed E-state index contributed by atoms with van der Waals surface area (Å²) in [6.45, 7) is 5.98. The second-order valence-corrected chi connectivity index (χ2v) is 7.05. The highest BCUT2D eigenvalue weighted by Crippen LogP contribution is 2.16. The predicted molar refractivity (Wildman–Crippen MR) is 80.6 cm³/mol. The Labute approximate surface area is 126 Å². The van der Waals surface area contributed by atoms with Gasteiger partial charge in [-0.1, -0.05) is 13.8 Å². The van der Waals surface area contributed by atoms with Crippen molar-refractivity contribution in [3.63, 3.8) is 0 Å². The molecule has 0 radical (unpaired) electrons. The molecule has 1 fully saturated rings. The maximum Gasteiger partial charge on any atom is 0.272 e. The molecule has 2 heterocycles. The maximum absolute atomic E-state index is 12.5. The monoisotopic (exact) mass is 314 g/mol. The van der Waals surface area contributed by atoms with Gasteiger partial charge in [-0.25, -0.2) is 13.4 Å². The quantitative estimate of drug-likeness (QED) is 0.854. The molecule has 0 aromatic carbocycles. The Kier molecular flexibility index (Phi) is 5.55. The second kappa shape index (κ2) is 7.20. The minimum Gasteiger partial charge on any atom is -0.379 e. The number of morpholine rings is 1. The van der Waals surface area contributed by atoms with E-state index < -0.39 is 10.0 Å². The van der Waals surface area contributed by atoms with E-state index in [9.17, 15) is 8.42 Å². The van der Waals surface area contributed by atoms with Gasteiger partial charge in [-0.05, 0) is 18.9 Å². The van der Waals surface area contributed by atoms with E-state index >= 15 is 0 Å². The Balaban J connectivity index is 2.10. The smallest absolute Gasteiger partial charge is 0.272 e. The van der Waals surface area contributed by atoms with E-state index in [4.69, 9.17) is 4.74 Å². The molecule has 2 N–H and O–H groups in total. The van der Waals surface area contributed by atoms with Crippen LogP contribution in [0, 0.1) is 0 Å². The van der Waals surface area contributed by atoms with E-state index in [1.807, 2.05) is 0 Å². The van der Waals surface area contributed by atoms with Gasteiger partial charge in [0.25, 0.3) is 5.82 Å². The topological polar surface area (TPSA) is 72.8 Å². The normalized spacial score (nSPS) is 17.1. The first kappa shape index (κ1) is 16.2. The zero-order valence-corrected chi connectivity index (χ0v) is 13.4. The zero-order valence-electron chi connectivity index (χ0n) is 12.6. The van der Waals surface area contributed by atoms with Crippen molar-refractivity contribution in [2.75, 3.05) is 31.6 Å². The van der Waals surface area contributed by atoms with E-state index in [1.54, 1.807) is 18.3 Å². The molecular formula is C14H24N3O3S+. The number of H-pyrrole nitrogens is 1. The van der Waals surface area contributed by atoms with Gasteiger partial charge in [0.15, 0.2) is 0 Å². The number of anilines is 1. The Bertz CT molecular complexity index is 535. The molecule has 0 amide bonds. The summed E-state index contributed by atoms with van der Waals surface area (Å²) in [4.78, 5) is 3.32. The van der Waals surface area contributed by atoms with E-state index in [0.717, 1.165) is 18.7 Å². The summed E-state index contributed by atoms with van der Waals surface area (Å²) in [6.07, 6.45) is 3.60. The first-order chi connectivity index (χ1) is 10.1. The van der Waals surface area contributed by atoms with Crippen molar-refractivity contribution in [1.82, 2.24) is 4.31 Å². The Morgan fingerprint density at radius 3 is 2.48 bits per heavy atom. The predicted octanol–water partition coefficient (Wildman–Crippen LogP) is 1.12. The Morgan fingerprint density at radius 1 is 1.29 bits per heavy atom. The molecule has 0 bridgehead atoms. The molecule has 0 saturated carbocycles. The molecule has 1 saturated heterocycles. The lowest BCUT2D eigenvalue weighted by Gasteiger charge is -2.25. The number of aromatic amines is 1. The van der Waals surface area contributed by atoms with Gasteiger partial charge in [0.2, 0.25) is 10.0 Å². The highest BCUT2D eigenvalue weighted by atomic mass is 32.2. The fraction of sp³-hybridized carbons (Fsp3) is 0.643. The number of ether oxygens (including phenoxy) is 1. The van der Waals surface area contributed by atoms with Crippen molar-refractivity contribution in [3.05, 3.63) is 18.3 Å². The largest absolute Gasteiger partial charge is 0.379 e. The van der Waals surface area contributed by atoms with Crippen LogP contribution < -0.4 is 10.3 Å². The Morgan fingerprint density at radius 2 is 1.95 bits per heavy atom. The standard InChI is InChI=1S/C14H23N3O3S/c1-3-12(4-2)16-14-6-5-13(11-15-14)21(18,19)17-7-9-20-10-8-17/h5-6,11-12H,3-4,7-10H2,1-2H3,(H,15,16)/p+1. The highest BCUT2D eigenvalue weighted by Gasteiger charge is 2.27. The second-order valence-electron chi connectivity index (χ2n) is 5.11. The molecule has 118 valence electrons. The first-order valence-corrected chi connectivity index (χ1v) is 8.88. The fourth-order valence-corrected chi connectivity index (χ4v) is 3.69. The lowest BCUT2D eigenvalue weighted by Crippen LogP contribution is -2.40. The summed E-state index contributed by atoms with van der Waals surface area (Å²) >= 11 is 0. The first-order valence-electron chi connectivity index (χ1n) is 7.44. The number of nitrogens with zero attached hydrogens (tertiary/aromatic N) is 1. The molecule has 0 atom stereocenters. The van der Waals surface area contributed by atoms with E-state index in [-0.39, 0.29) is 0 Å². The lowest BCUT2D eigenvalue weighted by atomic mass is 10.2. The molecule has 2 rings (SSSR count). The third kappa shape index (κ3) is 3.93. The number of sulfonamides is 1. The van der Waals surface area contributed by atoms with Crippen LogP contribution in [0.4, 0.5) is 5.82 Å². The van der Waals surface area contributed by atoms with Crippen molar-refractivity contribution in [1.29, 1.82) is 0 Å². The Hall–Kier alpha value is -1.18. The van der Waals surface area contributed by atoms with Crippen LogP contribution in [0.1, 0.15) is 26.7 Å². The van der Waals surface area contributed by atoms with E-state index in [0.29, 0.717) is 37.2 Å². The maximum atomic E-state index is 12.5. The van der Waals surface area contributed by atoms with Crippen molar-refractivity contribution < 1.29 is 18.1 Å². The van der Waals surface area contributed by atoms with Gasteiger partial charge in [-0.2, -0.15) is 4.31 Å². The summed E-state index contributed by atoms with van der Waals surface area (Å²) in [5, 5.41) is 3.35. The third-order valence-electron chi connectivity index (χ3n) is 3.74. The van der Waals surface area contributed by atoms with Crippen LogP contribution in [0.2, 0.25) is 0 Å². The van der Waals surface area contributed by atoms with Crippen LogP contribution >= 0.6 is 0 Å². The van der Waals surface area contributed by atoms with Crippen LogP contribution in [-0.2, 0) is 14.8 Å². The van der Waals surface area contributed by atoms with Crippen LogP contribution in [0.25, 0.3) is 0 Å². The van der Waals surface area contributed by atoms with Gasteiger partial charge < -0.3 is 4.74 Å². The summed E-state index contributed by atoms with van der Waals surface area (Å²) in [5.41, 5.74) is 0. The van der Waals surface area contributed by atoms with Crippen LogP contribution in [0.3, 0.4) is 0 Å². The molecule has 7 heteroatoms. The van der Waals surface area contributed by atoms with Crippen molar-refractivity contribution in [2.24, 2.45) is 0 Å². The summed E-state index contributed by atoms with van der Waals surface area (Å²) < 4.78 is 31.6. The average Bonchev–Trinajstić information content (AvgIpc) is 2.54. The lowest BCUT2D eigenvalue weighted by molar-refractivity contribution is -0.364. The van der Waals surface area contributed by atoms with Gasteiger partial charge in [0.05, 0.1) is 19.3 Å². The third-order valence-corrected chi connectivity index (χ3v) is 5.63. The minimum absolute atomic E-state index is 0.291. The minimum atomic E-state index is -3.42. The van der Waals surface area contributed by atoms with Gasteiger partial charge in [0, 0.05) is 19.2 Å². The van der Waals surface area contributed by atoms with Gasteiger partial charge >= 0.3 is 0 Å². The molecule has 1 aromatic rings.